The number of benzene rings is 1. The summed E-state index contributed by atoms with van der Waals surface area (Å²) in [4.78, 5) is 4.47. The molecule has 0 bridgehead atoms. The van der Waals surface area contributed by atoms with Gasteiger partial charge in [0.2, 0.25) is 0 Å². The summed E-state index contributed by atoms with van der Waals surface area (Å²) in [5.74, 6) is 0. The van der Waals surface area contributed by atoms with Crippen LogP contribution in [0.5, 0.6) is 0 Å². The average molecular weight is 268 g/mol. The molecule has 2 rings (SSSR count). The molecule has 1 aromatic carbocycles. The summed E-state index contributed by atoms with van der Waals surface area (Å²) >= 11 is 0. The topological polar surface area (TPSA) is 56.9 Å². The molecule has 1 N–H and O–H groups in total. The van der Waals surface area contributed by atoms with E-state index in [0.717, 1.165) is 11.8 Å². The second kappa shape index (κ2) is 5.60. The van der Waals surface area contributed by atoms with Crippen molar-refractivity contribution in [2.75, 3.05) is 0 Å². The third-order valence-corrected chi connectivity index (χ3v) is 3.37. The third kappa shape index (κ3) is 3.34. The van der Waals surface area contributed by atoms with Crippen molar-refractivity contribution in [3.63, 3.8) is 0 Å². The Bertz CT molecular complexity index is 650. The monoisotopic (exact) mass is 268 g/mol. The average Bonchev–Trinajstić information content (AvgIpc) is 2.42. The number of hydrogen-bond acceptors (Lipinski definition) is 3. The van der Waals surface area contributed by atoms with Gasteiger partial charge in [0, 0.05) is 5.39 Å². The first-order valence-corrected chi connectivity index (χ1v) is 6.88. The van der Waals surface area contributed by atoms with Gasteiger partial charge in [0.1, 0.15) is 6.07 Å². The predicted octanol–water partition coefficient (Wildman–Crippen LogP) is 3.97. The number of fused-ring (bicyclic) bond motifs is 1. The molecule has 0 fully saturated rings. The summed E-state index contributed by atoms with van der Waals surface area (Å²) in [5, 5.41) is 20.3. The first-order valence-electron chi connectivity index (χ1n) is 6.88. The number of rotatable bonds is 3. The zero-order valence-electron chi connectivity index (χ0n) is 12.2. The molecular weight excluding hydrogens is 248 g/mol. The fourth-order valence-electron chi connectivity index (χ4n) is 2.16. The van der Waals surface area contributed by atoms with Crippen molar-refractivity contribution in [1.29, 1.82) is 5.26 Å². The molecule has 0 radical (unpaired) electrons. The molecule has 0 saturated carbocycles. The van der Waals surface area contributed by atoms with Crippen molar-refractivity contribution in [3.05, 3.63) is 41.6 Å². The highest BCUT2D eigenvalue weighted by atomic mass is 16.3. The van der Waals surface area contributed by atoms with Crippen molar-refractivity contribution in [2.24, 2.45) is 5.41 Å². The largest absolute Gasteiger partial charge is 0.387 e. The summed E-state index contributed by atoms with van der Waals surface area (Å²) in [6, 6.07) is 11.4. The van der Waals surface area contributed by atoms with Crippen molar-refractivity contribution in [2.45, 2.75) is 39.7 Å². The highest BCUT2D eigenvalue weighted by Gasteiger charge is 2.16. The number of nitriles is 1. The van der Waals surface area contributed by atoms with Crippen LogP contribution < -0.4 is 0 Å². The Hall–Kier alpha value is -1.92. The lowest BCUT2D eigenvalue weighted by molar-refractivity contribution is 0.144. The van der Waals surface area contributed by atoms with Gasteiger partial charge in [0.25, 0.3) is 0 Å². The fraction of sp³-hybridized carbons (Fsp3) is 0.412. The van der Waals surface area contributed by atoms with Crippen LogP contribution in [0.2, 0.25) is 0 Å². The molecule has 3 heteroatoms. The van der Waals surface area contributed by atoms with Gasteiger partial charge < -0.3 is 5.11 Å². The summed E-state index contributed by atoms with van der Waals surface area (Å²) < 4.78 is 0. The molecule has 1 aromatic heterocycles. The number of nitrogens with zero attached hydrogens (tertiary/aromatic N) is 2. The van der Waals surface area contributed by atoms with E-state index < -0.39 is 6.10 Å². The highest BCUT2D eigenvalue weighted by molar-refractivity contribution is 5.84. The van der Waals surface area contributed by atoms with Gasteiger partial charge in [-0.2, -0.15) is 5.26 Å². The van der Waals surface area contributed by atoms with Crippen LogP contribution in [-0.2, 0) is 0 Å². The van der Waals surface area contributed by atoms with E-state index in [1.807, 2.05) is 24.3 Å². The molecule has 104 valence electrons. The Kier molecular flexibility index (Phi) is 4.06. The first kappa shape index (κ1) is 14.5. The normalized spacial score (nSPS) is 13.2. The SMILES string of the molecule is CC(C)(C)CC[C@H](O)c1ccc2cccc(C#N)c2n1. The molecule has 1 heterocycles. The van der Waals surface area contributed by atoms with Gasteiger partial charge in [-0.15, -0.1) is 0 Å². The van der Waals surface area contributed by atoms with E-state index in [9.17, 15) is 5.11 Å². The van der Waals surface area contributed by atoms with Crippen LogP contribution in [0, 0.1) is 16.7 Å². The second-order valence-electron chi connectivity index (χ2n) is 6.34. The Balaban J connectivity index is 2.29. The quantitative estimate of drug-likeness (QED) is 0.916. The van der Waals surface area contributed by atoms with Crippen molar-refractivity contribution in [3.8, 4) is 6.07 Å². The molecule has 20 heavy (non-hydrogen) atoms. The second-order valence-corrected chi connectivity index (χ2v) is 6.34. The van der Waals surface area contributed by atoms with Crippen LogP contribution in [0.25, 0.3) is 10.9 Å². The maximum absolute atomic E-state index is 10.3. The molecule has 0 spiro atoms. The lowest BCUT2D eigenvalue weighted by Crippen LogP contribution is -2.09. The third-order valence-electron chi connectivity index (χ3n) is 3.37. The van der Waals surface area contributed by atoms with Crippen LogP contribution in [-0.4, -0.2) is 10.1 Å². The lowest BCUT2D eigenvalue weighted by Gasteiger charge is -2.20. The number of pyridine rings is 1. The lowest BCUT2D eigenvalue weighted by atomic mass is 9.88. The summed E-state index contributed by atoms with van der Waals surface area (Å²) in [6.07, 6.45) is 1.02. The number of para-hydroxylation sites is 1. The number of aliphatic hydroxyl groups excluding tert-OH is 1. The molecule has 3 nitrogen and oxygen atoms in total. The Morgan fingerprint density at radius 2 is 2.00 bits per heavy atom. The highest BCUT2D eigenvalue weighted by Crippen LogP contribution is 2.27. The summed E-state index contributed by atoms with van der Waals surface area (Å²) in [6.45, 7) is 6.46. The molecule has 2 aromatic rings. The van der Waals surface area contributed by atoms with Crippen LogP contribution >= 0.6 is 0 Å². The zero-order chi connectivity index (χ0) is 14.8. The molecule has 0 amide bonds. The minimum absolute atomic E-state index is 0.190. The van der Waals surface area contributed by atoms with E-state index in [2.05, 4.69) is 31.8 Å². The van der Waals surface area contributed by atoms with Gasteiger partial charge in [-0.1, -0.05) is 39.0 Å². The fourth-order valence-corrected chi connectivity index (χ4v) is 2.16. The summed E-state index contributed by atoms with van der Waals surface area (Å²) in [7, 11) is 0. The zero-order valence-corrected chi connectivity index (χ0v) is 12.2. The standard InChI is InChI=1S/C17H20N2O/c1-17(2,3)10-9-15(20)14-8-7-12-5-4-6-13(11-18)16(12)19-14/h4-8,15,20H,9-10H2,1-3H3/t15-/m0/s1. The Labute approximate surface area is 119 Å². The van der Waals surface area contributed by atoms with Gasteiger partial charge in [-0.05, 0) is 30.4 Å². The van der Waals surface area contributed by atoms with Crippen LogP contribution in [0.3, 0.4) is 0 Å². The maximum Gasteiger partial charge on any atom is 0.101 e. The number of aliphatic hydroxyl groups is 1. The van der Waals surface area contributed by atoms with Crippen LogP contribution in [0.15, 0.2) is 30.3 Å². The number of hydrogen-bond donors (Lipinski definition) is 1. The van der Waals surface area contributed by atoms with Gasteiger partial charge in [0.05, 0.1) is 22.9 Å². The van der Waals surface area contributed by atoms with Gasteiger partial charge in [0.15, 0.2) is 0 Å². The van der Waals surface area contributed by atoms with E-state index in [0.29, 0.717) is 23.2 Å². The van der Waals surface area contributed by atoms with Crippen LogP contribution in [0.1, 0.15) is 51.0 Å². The van der Waals surface area contributed by atoms with Gasteiger partial charge in [-0.25, -0.2) is 4.98 Å². The molecule has 1 atom stereocenters. The van der Waals surface area contributed by atoms with Crippen molar-refractivity contribution >= 4 is 10.9 Å². The van der Waals surface area contributed by atoms with E-state index >= 15 is 0 Å². The van der Waals surface area contributed by atoms with E-state index in [1.165, 1.54) is 0 Å². The Morgan fingerprint density at radius 1 is 1.25 bits per heavy atom. The summed E-state index contributed by atoms with van der Waals surface area (Å²) in [5.41, 5.74) is 2.05. The van der Waals surface area contributed by atoms with E-state index in [1.54, 1.807) is 6.07 Å². The van der Waals surface area contributed by atoms with Crippen LogP contribution in [0.4, 0.5) is 0 Å². The minimum Gasteiger partial charge on any atom is -0.387 e. The molecule has 0 aliphatic carbocycles. The molecule has 0 saturated heterocycles. The smallest absolute Gasteiger partial charge is 0.101 e. The molecule has 0 aliphatic heterocycles. The Morgan fingerprint density at radius 3 is 2.65 bits per heavy atom. The molecular formula is C17H20N2O. The maximum atomic E-state index is 10.3. The van der Waals surface area contributed by atoms with E-state index in [-0.39, 0.29) is 5.41 Å². The molecule has 0 aliphatic rings. The van der Waals surface area contributed by atoms with Gasteiger partial charge >= 0.3 is 0 Å². The number of aromatic nitrogens is 1. The van der Waals surface area contributed by atoms with Crippen molar-refractivity contribution in [1.82, 2.24) is 4.98 Å². The van der Waals surface area contributed by atoms with Crippen molar-refractivity contribution < 1.29 is 5.11 Å². The first-order chi connectivity index (χ1) is 9.40. The molecule has 0 unspecified atom stereocenters. The minimum atomic E-state index is -0.578. The van der Waals surface area contributed by atoms with E-state index in [4.69, 9.17) is 5.26 Å². The predicted molar refractivity (Wildman–Crippen MR) is 80.1 cm³/mol. The van der Waals surface area contributed by atoms with Gasteiger partial charge in [-0.3, -0.25) is 0 Å².